The molecule has 0 radical (unpaired) electrons. The van der Waals surface area contributed by atoms with E-state index in [1.165, 1.54) is 17.5 Å². The van der Waals surface area contributed by atoms with Crippen molar-refractivity contribution in [3.63, 3.8) is 0 Å². The fourth-order valence-electron chi connectivity index (χ4n) is 2.61. The van der Waals surface area contributed by atoms with Gasteiger partial charge < -0.3 is 0 Å². The molecular weight excluding hydrogens is 262 g/mol. The van der Waals surface area contributed by atoms with Gasteiger partial charge in [0.15, 0.2) is 0 Å². The van der Waals surface area contributed by atoms with Crippen molar-refractivity contribution in [2.75, 3.05) is 6.54 Å². The number of thiophene rings is 1. The molecule has 0 spiro atoms. The molecule has 0 saturated heterocycles. The maximum Gasteiger partial charge on any atom is 0.0453 e. The van der Waals surface area contributed by atoms with Crippen molar-refractivity contribution in [3.05, 3.63) is 56.7 Å². The molecule has 0 aliphatic carbocycles. The maximum atomic E-state index is 6.29. The predicted octanol–water partition coefficient (Wildman–Crippen LogP) is 4.52. The van der Waals surface area contributed by atoms with E-state index in [0.29, 0.717) is 6.04 Å². The number of hydrogen-bond acceptors (Lipinski definition) is 2. The largest absolute Gasteiger partial charge is 0.292 e. The summed E-state index contributed by atoms with van der Waals surface area (Å²) < 4.78 is 0. The van der Waals surface area contributed by atoms with E-state index >= 15 is 0 Å². The van der Waals surface area contributed by atoms with Crippen LogP contribution in [0.4, 0.5) is 0 Å². The molecule has 1 nitrogen and oxygen atoms in total. The lowest BCUT2D eigenvalue weighted by atomic mass is 10.0. The number of halogens is 1. The van der Waals surface area contributed by atoms with Crippen molar-refractivity contribution >= 4 is 22.9 Å². The standard InChI is InChI=1S/C15H16ClNS/c1-11(13-4-2-3-5-14(13)16)17-8-6-15-12(10-17)7-9-18-15/h2-5,7,9,11H,6,8,10H2,1H3/t11-/m1/s1. The third kappa shape index (κ3) is 2.20. The second-order valence-electron chi connectivity index (χ2n) is 4.79. The third-order valence-electron chi connectivity index (χ3n) is 3.74. The molecule has 1 aliphatic rings. The normalized spacial score (nSPS) is 17.4. The van der Waals surface area contributed by atoms with Crippen LogP contribution in [0, 0.1) is 0 Å². The molecule has 2 heterocycles. The van der Waals surface area contributed by atoms with Crippen molar-refractivity contribution in [2.45, 2.75) is 25.9 Å². The first kappa shape index (κ1) is 12.2. The Kier molecular flexibility index (Phi) is 3.42. The average molecular weight is 278 g/mol. The van der Waals surface area contributed by atoms with Gasteiger partial charge in [-0.25, -0.2) is 0 Å². The molecule has 0 amide bonds. The molecular formula is C15H16ClNS. The van der Waals surface area contributed by atoms with Gasteiger partial charge in [-0.15, -0.1) is 11.3 Å². The minimum Gasteiger partial charge on any atom is -0.292 e. The number of hydrogen-bond donors (Lipinski definition) is 0. The van der Waals surface area contributed by atoms with E-state index in [2.05, 4.69) is 35.4 Å². The average Bonchev–Trinajstić information content (AvgIpc) is 2.85. The number of fused-ring (bicyclic) bond motifs is 1. The molecule has 0 N–H and O–H groups in total. The molecule has 94 valence electrons. The minimum absolute atomic E-state index is 0.381. The Morgan fingerprint density at radius 1 is 1.28 bits per heavy atom. The van der Waals surface area contributed by atoms with E-state index in [-0.39, 0.29) is 0 Å². The smallest absolute Gasteiger partial charge is 0.0453 e. The van der Waals surface area contributed by atoms with Crippen molar-refractivity contribution < 1.29 is 0 Å². The van der Waals surface area contributed by atoms with Crippen LogP contribution in [-0.2, 0) is 13.0 Å². The highest BCUT2D eigenvalue weighted by Crippen LogP contribution is 2.32. The molecule has 0 fully saturated rings. The molecule has 1 aromatic carbocycles. The summed E-state index contributed by atoms with van der Waals surface area (Å²) in [6, 6.07) is 10.8. The van der Waals surface area contributed by atoms with Gasteiger partial charge >= 0.3 is 0 Å². The van der Waals surface area contributed by atoms with Gasteiger partial charge in [0.25, 0.3) is 0 Å². The van der Waals surface area contributed by atoms with Gasteiger partial charge in [-0.2, -0.15) is 0 Å². The van der Waals surface area contributed by atoms with E-state index in [1.54, 1.807) is 4.88 Å². The third-order valence-corrected chi connectivity index (χ3v) is 5.11. The van der Waals surface area contributed by atoms with Gasteiger partial charge in [-0.05, 0) is 42.0 Å². The summed E-state index contributed by atoms with van der Waals surface area (Å²) in [4.78, 5) is 4.06. The zero-order chi connectivity index (χ0) is 12.5. The molecule has 0 unspecified atom stereocenters. The Bertz CT molecular complexity index is 549. The van der Waals surface area contributed by atoms with E-state index in [1.807, 2.05) is 23.5 Å². The molecule has 1 atom stereocenters. The lowest BCUT2D eigenvalue weighted by molar-refractivity contribution is 0.194. The summed E-state index contributed by atoms with van der Waals surface area (Å²) in [6.45, 7) is 4.42. The van der Waals surface area contributed by atoms with Crippen LogP contribution in [0.1, 0.15) is 29.0 Å². The quantitative estimate of drug-likeness (QED) is 0.780. The highest BCUT2D eigenvalue weighted by Gasteiger charge is 2.23. The highest BCUT2D eigenvalue weighted by molar-refractivity contribution is 7.10. The first-order valence-electron chi connectivity index (χ1n) is 6.29. The van der Waals surface area contributed by atoms with E-state index in [9.17, 15) is 0 Å². The molecule has 0 bridgehead atoms. The Labute approximate surface area is 117 Å². The van der Waals surface area contributed by atoms with Crippen molar-refractivity contribution in [3.8, 4) is 0 Å². The zero-order valence-corrected chi connectivity index (χ0v) is 12.0. The van der Waals surface area contributed by atoms with Crippen LogP contribution in [-0.4, -0.2) is 11.4 Å². The summed E-state index contributed by atoms with van der Waals surface area (Å²) in [7, 11) is 0. The van der Waals surface area contributed by atoms with Crippen LogP contribution >= 0.6 is 22.9 Å². The lowest BCUT2D eigenvalue weighted by Gasteiger charge is -2.33. The van der Waals surface area contributed by atoms with Gasteiger partial charge in [0.05, 0.1) is 0 Å². The Morgan fingerprint density at radius 2 is 2.11 bits per heavy atom. The Balaban J connectivity index is 1.83. The van der Waals surface area contributed by atoms with Crippen LogP contribution in [0.25, 0.3) is 0 Å². The molecule has 3 heteroatoms. The highest BCUT2D eigenvalue weighted by atomic mass is 35.5. The zero-order valence-electron chi connectivity index (χ0n) is 10.4. The van der Waals surface area contributed by atoms with Crippen molar-refractivity contribution in [1.29, 1.82) is 0 Å². The Hall–Kier alpha value is -0.830. The summed E-state index contributed by atoms with van der Waals surface area (Å²) in [5.74, 6) is 0. The lowest BCUT2D eigenvalue weighted by Crippen LogP contribution is -2.32. The van der Waals surface area contributed by atoms with Crippen LogP contribution in [0.3, 0.4) is 0 Å². The van der Waals surface area contributed by atoms with Crippen LogP contribution in [0.5, 0.6) is 0 Å². The minimum atomic E-state index is 0.381. The fraction of sp³-hybridized carbons (Fsp3) is 0.333. The predicted molar refractivity (Wildman–Crippen MR) is 78.3 cm³/mol. The number of benzene rings is 1. The van der Waals surface area contributed by atoms with Gasteiger partial charge in [-0.1, -0.05) is 29.8 Å². The summed E-state index contributed by atoms with van der Waals surface area (Å²) in [6.07, 6.45) is 1.17. The van der Waals surface area contributed by atoms with Gasteiger partial charge in [-0.3, -0.25) is 4.90 Å². The Morgan fingerprint density at radius 3 is 2.94 bits per heavy atom. The van der Waals surface area contributed by atoms with Crippen LogP contribution in [0.2, 0.25) is 5.02 Å². The second-order valence-corrected chi connectivity index (χ2v) is 6.19. The molecule has 18 heavy (non-hydrogen) atoms. The van der Waals surface area contributed by atoms with Crippen LogP contribution < -0.4 is 0 Å². The summed E-state index contributed by atoms with van der Waals surface area (Å²) in [5.41, 5.74) is 2.72. The van der Waals surface area contributed by atoms with Gasteiger partial charge in [0.1, 0.15) is 0 Å². The fourth-order valence-corrected chi connectivity index (χ4v) is 3.79. The number of rotatable bonds is 2. The first-order chi connectivity index (χ1) is 8.75. The topological polar surface area (TPSA) is 3.24 Å². The van der Waals surface area contributed by atoms with E-state index < -0.39 is 0 Å². The first-order valence-corrected chi connectivity index (χ1v) is 7.55. The molecule has 1 aliphatic heterocycles. The second kappa shape index (κ2) is 5.04. The van der Waals surface area contributed by atoms with E-state index in [0.717, 1.165) is 18.1 Å². The summed E-state index contributed by atoms with van der Waals surface area (Å²) >= 11 is 8.18. The van der Waals surface area contributed by atoms with Gasteiger partial charge in [0.2, 0.25) is 0 Å². The van der Waals surface area contributed by atoms with E-state index in [4.69, 9.17) is 11.6 Å². The van der Waals surface area contributed by atoms with Crippen LogP contribution in [0.15, 0.2) is 35.7 Å². The van der Waals surface area contributed by atoms with Crippen molar-refractivity contribution in [2.24, 2.45) is 0 Å². The summed E-state index contributed by atoms with van der Waals surface area (Å²) in [5, 5.41) is 3.08. The maximum absolute atomic E-state index is 6.29. The molecule has 0 saturated carbocycles. The SMILES string of the molecule is C[C@H](c1ccccc1Cl)N1CCc2sccc2C1. The van der Waals surface area contributed by atoms with Crippen molar-refractivity contribution in [1.82, 2.24) is 4.90 Å². The molecule has 3 rings (SSSR count). The molecule has 2 aromatic rings. The monoisotopic (exact) mass is 277 g/mol. The molecule has 1 aromatic heterocycles. The number of nitrogens with zero attached hydrogens (tertiary/aromatic N) is 1. The van der Waals surface area contributed by atoms with Gasteiger partial charge in [0, 0.05) is 29.0 Å².